The lowest BCUT2D eigenvalue weighted by Crippen LogP contribution is -2.54. The second-order valence-corrected chi connectivity index (χ2v) is 7.96. The highest BCUT2D eigenvalue weighted by Crippen LogP contribution is 2.32. The van der Waals surface area contributed by atoms with Gasteiger partial charge in [0.1, 0.15) is 6.54 Å². The molecule has 29 heavy (non-hydrogen) atoms. The van der Waals surface area contributed by atoms with Crippen molar-refractivity contribution < 1.29 is 32.7 Å². The molecule has 1 aromatic heterocycles. The molecule has 0 bridgehead atoms. The topological polar surface area (TPSA) is 81.2 Å². The number of hydrogen-bond acceptors (Lipinski definition) is 5. The van der Waals surface area contributed by atoms with Gasteiger partial charge in [-0.15, -0.1) is 0 Å². The van der Waals surface area contributed by atoms with Crippen LogP contribution in [0.4, 0.5) is 13.2 Å². The van der Waals surface area contributed by atoms with Gasteiger partial charge in [0.2, 0.25) is 11.8 Å². The molecule has 3 heterocycles. The minimum absolute atomic E-state index is 0.00489. The zero-order chi connectivity index (χ0) is 21.8. The van der Waals surface area contributed by atoms with Gasteiger partial charge in [0.05, 0.1) is 0 Å². The number of carbonyl (C=O) groups is 3. The highest BCUT2D eigenvalue weighted by atomic mass is 32.1. The van der Waals surface area contributed by atoms with E-state index in [9.17, 15) is 22.8 Å². The summed E-state index contributed by atoms with van der Waals surface area (Å²) in [6.45, 7) is 2.18. The van der Waals surface area contributed by atoms with Crippen molar-refractivity contribution in [2.24, 2.45) is 0 Å². The Morgan fingerprint density at radius 3 is 2.45 bits per heavy atom. The Balaban J connectivity index is 0.000000370. The van der Waals surface area contributed by atoms with E-state index < -0.39 is 12.1 Å². The lowest BCUT2D eigenvalue weighted by molar-refractivity contribution is -0.192. The lowest BCUT2D eigenvalue weighted by atomic mass is 9.96. The van der Waals surface area contributed by atoms with Gasteiger partial charge < -0.3 is 14.9 Å². The number of likely N-dealkylation sites (tertiary alicyclic amines) is 2. The molecule has 0 aromatic carbocycles. The van der Waals surface area contributed by atoms with Gasteiger partial charge in [-0.1, -0.05) is 0 Å². The fourth-order valence-electron chi connectivity index (χ4n) is 3.54. The zero-order valence-electron chi connectivity index (χ0n) is 16.2. The number of halogens is 3. The number of carbonyl (C=O) groups excluding carboxylic acids is 2. The van der Waals surface area contributed by atoms with Crippen LogP contribution in [0.3, 0.4) is 0 Å². The van der Waals surface area contributed by atoms with Gasteiger partial charge in [-0.3, -0.25) is 14.5 Å². The third-order valence-corrected chi connectivity index (χ3v) is 5.74. The summed E-state index contributed by atoms with van der Waals surface area (Å²) in [4.78, 5) is 39.0. The number of thiophene rings is 1. The van der Waals surface area contributed by atoms with Crippen molar-refractivity contribution in [1.82, 2.24) is 14.7 Å². The summed E-state index contributed by atoms with van der Waals surface area (Å²) in [6, 6.07) is 2.76. The summed E-state index contributed by atoms with van der Waals surface area (Å²) < 4.78 is 31.7. The van der Waals surface area contributed by atoms with Crippen molar-refractivity contribution in [1.29, 1.82) is 0 Å². The third-order valence-electron chi connectivity index (χ3n) is 5.01. The van der Waals surface area contributed by atoms with Crippen molar-refractivity contribution in [2.45, 2.75) is 44.1 Å². The molecule has 2 atom stereocenters. The maximum atomic E-state index is 12.3. The van der Waals surface area contributed by atoms with Crippen molar-refractivity contribution in [2.75, 3.05) is 27.2 Å². The van der Waals surface area contributed by atoms with E-state index in [1.54, 1.807) is 30.3 Å². The van der Waals surface area contributed by atoms with Crippen molar-refractivity contribution in [3.8, 4) is 0 Å². The minimum Gasteiger partial charge on any atom is -0.475 e. The van der Waals surface area contributed by atoms with Gasteiger partial charge in [-0.25, -0.2) is 4.79 Å². The lowest BCUT2D eigenvalue weighted by Gasteiger charge is -2.39. The molecule has 0 unspecified atom stereocenters. The number of aliphatic carboxylic acids is 1. The number of rotatable bonds is 4. The molecule has 3 rings (SSSR count). The smallest absolute Gasteiger partial charge is 0.475 e. The van der Waals surface area contributed by atoms with E-state index in [1.807, 2.05) is 4.90 Å². The first-order valence-electron chi connectivity index (χ1n) is 9.05. The first-order valence-corrected chi connectivity index (χ1v) is 10.00. The second kappa shape index (κ2) is 9.57. The first kappa shape index (κ1) is 23.1. The van der Waals surface area contributed by atoms with Crippen molar-refractivity contribution in [3.05, 3.63) is 22.4 Å². The third kappa shape index (κ3) is 6.17. The monoisotopic (exact) mass is 435 g/mol. The molecule has 2 aliphatic rings. The van der Waals surface area contributed by atoms with Crippen LogP contribution in [0.1, 0.15) is 24.8 Å². The van der Waals surface area contributed by atoms with Crippen LogP contribution in [0.2, 0.25) is 0 Å². The van der Waals surface area contributed by atoms with Crippen LogP contribution in [0.5, 0.6) is 0 Å². The maximum Gasteiger partial charge on any atom is 0.490 e. The highest BCUT2D eigenvalue weighted by molar-refractivity contribution is 7.07. The predicted octanol–water partition coefficient (Wildman–Crippen LogP) is 2.03. The molecule has 162 valence electrons. The van der Waals surface area contributed by atoms with Crippen molar-refractivity contribution in [3.63, 3.8) is 0 Å². The molecule has 7 nitrogen and oxygen atoms in total. The Bertz CT molecular complexity index is 724. The van der Waals surface area contributed by atoms with Gasteiger partial charge >= 0.3 is 12.1 Å². The molecule has 2 aliphatic heterocycles. The molecule has 0 aliphatic carbocycles. The Labute approximate surface area is 170 Å². The predicted molar refractivity (Wildman–Crippen MR) is 100 cm³/mol. The van der Waals surface area contributed by atoms with Crippen LogP contribution in [0, 0.1) is 0 Å². The van der Waals surface area contributed by atoms with Crippen molar-refractivity contribution >= 4 is 29.1 Å². The van der Waals surface area contributed by atoms with Gasteiger partial charge in [0.15, 0.2) is 0 Å². The summed E-state index contributed by atoms with van der Waals surface area (Å²) in [7, 11) is 3.48. The summed E-state index contributed by atoms with van der Waals surface area (Å²) in [5, 5.41) is 11.4. The van der Waals surface area contributed by atoms with Gasteiger partial charge in [-0.05, 0) is 35.2 Å². The molecule has 1 aromatic rings. The molecule has 1 N–H and O–H groups in total. The summed E-state index contributed by atoms with van der Waals surface area (Å²) in [5.74, 6) is -2.62. The number of amides is 2. The SMILES string of the molecule is CN(C)C(=O)CN1C(=O)CC[C@@H]2[C@H]1CCN2Cc1ccsc1.O=C(O)C(F)(F)F. The molecular weight excluding hydrogens is 411 g/mol. The van der Waals surface area contributed by atoms with E-state index in [0.717, 1.165) is 25.9 Å². The highest BCUT2D eigenvalue weighted by Gasteiger charge is 2.43. The van der Waals surface area contributed by atoms with Crippen LogP contribution in [0.25, 0.3) is 0 Å². The van der Waals surface area contributed by atoms with E-state index in [0.29, 0.717) is 12.5 Å². The molecule has 2 fully saturated rings. The first-order chi connectivity index (χ1) is 13.5. The standard InChI is InChI=1S/C16H23N3O2S.C2HF3O2/c1-17(2)16(21)10-19-14-5-7-18(9-12-6-8-22-11-12)13(14)3-4-15(19)20;3-2(4,5)1(6)7/h6,8,11,13-14H,3-5,7,9-10H2,1-2H3;(H,6,7)/t13-,14-;/m1./s1. The van der Waals surface area contributed by atoms with Crippen LogP contribution in [0.15, 0.2) is 16.8 Å². The number of likely N-dealkylation sites (N-methyl/N-ethyl adjacent to an activating group) is 1. The zero-order valence-corrected chi connectivity index (χ0v) is 17.0. The largest absolute Gasteiger partial charge is 0.490 e. The molecule has 0 saturated carbocycles. The van der Waals surface area contributed by atoms with Crippen LogP contribution < -0.4 is 0 Å². The van der Waals surface area contributed by atoms with Crippen LogP contribution in [-0.4, -0.2) is 83.0 Å². The number of carboxylic acids is 1. The van der Waals surface area contributed by atoms with Crippen LogP contribution >= 0.6 is 11.3 Å². The molecular formula is C18H24F3N3O4S. The summed E-state index contributed by atoms with van der Waals surface area (Å²) in [6.07, 6.45) is -2.64. The molecule has 0 spiro atoms. The van der Waals surface area contributed by atoms with Gasteiger partial charge in [-0.2, -0.15) is 24.5 Å². The van der Waals surface area contributed by atoms with E-state index in [2.05, 4.69) is 21.7 Å². The molecule has 11 heteroatoms. The van der Waals surface area contributed by atoms with Gasteiger partial charge in [0, 0.05) is 45.7 Å². The van der Waals surface area contributed by atoms with Gasteiger partial charge in [0.25, 0.3) is 0 Å². The fraction of sp³-hybridized carbons (Fsp3) is 0.611. The van der Waals surface area contributed by atoms with E-state index in [4.69, 9.17) is 9.90 Å². The average molecular weight is 435 g/mol. The number of hydrogen-bond donors (Lipinski definition) is 1. The maximum absolute atomic E-state index is 12.3. The molecule has 2 amide bonds. The molecule has 2 saturated heterocycles. The minimum atomic E-state index is -5.08. The second-order valence-electron chi connectivity index (χ2n) is 7.18. The van der Waals surface area contributed by atoms with Crippen LogP contribution in [-0.2, 0) is 20.9 Å². The quantitative estimate of drug-likeness (QED) is 0.783. The molecule has 0 radical (unpaired) electrons. The summed E-state index contributed by atoms with van der Waals surface area (Å²) >= 11 is 1.72. The Hall–Kier alpha value is -2.14. The fourth-order valence-corrected chi connectivity index (χ4v) is 4.20. The Kier molecular flexibility index (Phi) is 7.64. The number of nitrogens with zero attached hydrogens (tertiary/aromatic N) is 3. The number of fused-ring (bicyclic) bond motifs is 1. The normalized spacial score (nSPS) is 22.0. The Morgan fingerprint density at radius 2 is 1.93 bits per heavy atom. The number of piperidine rings is 1. The summed E-state index contributed by atoms with van der Waals surface area (Å²) in [5.41, 5.74) is 1.35. The number of alkyl halides is 3. The average Bonchev–Trinajstić information content (AvgIpc) is 3.27. The number of carboxylic acid groups (broad SMARTS) is 1. The Morgan fingerprint density at radius 1 is 1.28 bits per heavy atom. The van der Waals surface area contributed by atoms with E-state index in [1.165, 1.54) is 5.56 Å². The van der Waals surface area contributed by atoms with E-state index >= 15 is 0 Å². The van der Waals surface area contributed by atoms with E-state index in [-0.39, 0.29) is 24.4 Å².